The Balaban J connectivity index is 2.34. The third-order valence-electron chi connectivity index (χ3n) is 2.96. The van der Waals surface area contributed by atoms with Crippen molar-refractivity contribution in [3.05, 3.63) is 24.3 Å². The number of amides is 1. The van der Waals surface area contributed by atoms with Gasteiger partial charge in [0, 0.05) is 19.5 Å². The highest BCUT2D eigenvalue weighted by molar-refractivity contribution is 7.91. The van der Waals surface area contributed by atoms with Gasteiger partial charge in [-0.3, -0.25) is 4.79 Å². The highest BCUT2D eigenvalue weighted by Crippen LogP contribution is 2.30. The maximum atomic E-state index is 12.0. The lowest BCUT2D eigenvalue weighted by atomic mass is 10.2. The zero-order chi connectivity index (χ0) is 13.2. The molecule has 1 heterocycles. The van der Waals surface area contributed by atoms with Crippen LogP contribution in [0.3, 0.4) is 0 Å². The maximum absolute atomic E-state index is 12.0. The summed E-state index contributed by atoms with van der Waals surface area (Å²) in [5.41, 5.74) is 0.504. The van der Waals surface area contributed by atoms with E-state index >= 15 is 0 Å². The first-order chi connectivity index (χ1) is 8.56. The van der Waals surface area contributed by atoms with Gasteiger partial charge < -0.3 is 10.2 Å². The van der Waals surface area contributed by atoms with E-state index < -0.39 is 9.84 Å². The summed E-state index contributed by atoms with van der Waals surface area (Å²) >= 11 is 0. The quantitative estimate of drug-likeness (QED) is 0.862. The molecule has 1 amide bonds. The second kappa shape index (κ2) is 5.07. The van der Waals surface area contributed by atoms with Crippen molar-refractivity contribution in [3.8, 4) is 0 Å². The predicted molar refractivity (Wildman–Crippen MR) is 69.4 cm³/mol. The molecule has 98 valence electrons. The van der Waals surface area contributed by atoms with Gasteiger partial charge in [0.1, 0.15) is 0 Å². The number of hydrogen-bond acceptors (Lipinski definition) is 4. The standard InChI is InChI=1S/C12H16N2O3S/c1-13-7-6-12(15)14-8-9-18(16,17)11-5-3-2-4-10(11)14/h2-5,13H,6-9H2,1H3. The van der Waals surface area contributed by atoms with Crippen LogP contribution in [0.2, 0.25) is 0 Å². The molecule has 1 aromatic carbocycles. The van der Waals surface area contributed by atoms with Gasteiger partial charge in [-0.15, -0.1) is 0 Å². The van der Waals surface area contributed by atoms with Crippen LogP contribution in [-0.2, 0) is 14.6 Å². The molecule has 6 heteroatoms. The Bertz CT molecular complexity index is 554. The molecule has 5 nitrogen and oxygen atoms in total. The van der Waals surface area contributed by atoms with Crippen molar-refractivity contribution in [2.24, 2.45) is 0 Å². The van der Waals surface area contributed by atoms with Crippen LogP contribution >= 0.6 is 0 Å². The summed E-state index contributed by atoms with van der Waals surface area (Å²) in [7, 11) is -1.46. The lowest BCUT2D eigenvalue weighted by molar-refractivity contribution is -0.118. The molecule has 0 saturated heterocycles. The summed E-state index contributed by atoms with van der Waals surface area (Å²) in [6, 6.07) is 6.67. The lowest BCUT2D eigenvalue weighted by Crippen LogP contribution is -2.40. The van der Waals surface area contributed by atoms with Crippen molar-refractivity contribution in [1.29, 1.82) is 0 Å². The molecule has 0 unspecified atom stereocenters. The minimum Gasteiger partial charge on any atom is -0.319 e. The molecule has 1 aliphatic heterocycles. The SMILES string of the molecule is CNCCC(=O)N1CCS(=O)(=O)c2ccccc21. The minimum absolute atomic E-state index is 0.00466. The van der Waals surface area contributed by atoms with Crippen LogP contribution < -0.4 is 10.2 Å². The van der Waals surface area contributed by atoms with Crippen molar-refractivity contribution < 1.29 is 13.2 Å². The Morgan fingerprint density at radius 1 is 1.39 bits per heavy atom. The molecule has 2 rings (SSSR count). The van der Waals surface area contributed by atoms with Gasteiger partial charge >= 0.3 is 0 Å². The van der Waals surface area contributed by atoms with Crippen LogP contribution in [0.25, 0.3) is 0 Å². The number of para-hydroxylation sites is 1. The van der Waals surface area contributed by atoms with Crippen LogP contribution in [0.4, 0.5) is 5.69 Å². The number of hydrogen-bond donors (Lipinski definition) is 1. The minimum atomic E-state index is -3.24. The highest BCUT2D eigenvalue weighted by Gasteiger charge is 2.30. The number of sulfone groups is 1. The Morgan fingerprint density at radius 2 is 2.11 bits per heavy atom. The topological polar surface area (TPSA) is 66.5 Å². The van der Waals surface area contributed by atoms with E-state index in [1.54, 1.807) is 36.2 Å². The average Bonchev–Trinajstić information content (AvgIpc) is 2.36. The number of nitrogens with zero attached hydrogens (tertiary/aromatic N) is 1. The summed E-state index contributed by atoms with van der Waals surface area (Å²) < 4.78 is 23.8. The molecule has 0 aliphatic carbocycles. The molecule has 0 radical (unpaired) electrons. The number of carbonyl (C=O) groups is 1. The first-order valence-electron chi connectivity index (χ1n) is 5.83. The normalized spacial score (nSPS) is 17.3. The summed E-state index contributed by atoms with van der Waals surface area (Å²) in [5, 5.41) is 2.91. The van der Waals surface area contributed by atoms with Crippen LogP contribution in [0, 0.1) is 0 Å². The van der Waals surface area contributed by atoms with E-state index in [0.717, 1.165) is 0 Å². The van der Waals surface area contributed by atoms with Crippen LogP contribution in [-0.4, -0.2) is 40.2 Å². The first-order valence-corrected chi connectivity index (χ1v) is 7.48. The number of nitrogens with one attached hydrogen (secondary N) is 1. The van der Waals surface area contributed by atoms with E-state index in [9.17, 15) is 13.2 Å². The molecule has 0 aromatic heterocycles. The fourth-order valence-electron chi connectivity index (χ4n) is 2.01. The molecule has 0 spiro atoms. The van der Waals surface area contributed by atoms with Crippen LogP contribution in [0.5, 0.6) is 0 Å². The van der Waals surface area contributed by atoms with E-state index in [-0.39, 0.29) is 23.1 Å². The fourth-order valence-corrected chi connectivity index (χ4v) is 3.44. The van der Waals surface area contributed by atoms with Crippen LogP contribution in [0.1, 0.15) is 6.42 Å². The van der Waals surface area contributed by atoms with Gasteiger partial charge in [0.2, 0.25) is 5.91 Å². The lowest BCUT2D eigenvalue weighted by Gasteiger charge is -2.29. The van der Waals surface area contributed by atoms with E-state index in [2.05, 4.69) is 5.32 Å². The van der Waals surface area contributed by atoms with E-state index in [1.165, 1.54) is 0 Å². The van der Waals surface area contributed by atoms with E-state index in [4.69, 9.17) is 0 Å². The van der Waals surface area contributed by atoms with Crippen molar-refractivity contribution in [2.75, 3.05) is 30.8 Å². The maximum Gasteiger partial charge on any atom is 0.228 e. The van der Waals surface area contributed by atoms with Crippen molar-refractivity contribution in [1.82, 2.24) is 5.32 Å². The molecule has 1 aliphatic rings. The Morgan fingerprint density at radius 3 is 2.83 bits per heavy atom. The van der Waals surface area contributed by atoms with Crippen molar-refractivity contribution in [3.63, 3.8) is 0 Å². The second-order valence-corrected chi connectivity index (χ2v) is 6.26. The third-order valence-corrected chi connectivity index (χ3v) is 4.70. The van der Waals surface area contributed by atoms with E-state index in [0.29, 0.717) is 18.7 Å². The molecular weight excluding hydrogens is 252 g/mol. The Kier molecular flexibility index (Phi) is 3.68. The van der Waals surface area contributed by atoms with Gasteiger partial charge in [0.15, 0.2) is 9.84 Å². The fraction of sp³-hybridized carbons (Fsp3) is 0.417. The molecule has 18 heavy (non-hydrogen) atoms. The predicted octanol–water partition coefficient (Wildman–Crippen LogP) is 0.416. The smallest absolute Gasteiger partial charge is 0.228 e. The van der Waals surface area contributed by atoms with Crippen LogP contribution in [0.15, 0.2) is 29.2 Å². The first kappa shape index (κ1) is 13.0. The molecule has 0 bridgehead atoms. The molecule has 0 saturated carbocycles. The largest absolute Gasteiger partial charge is 0.319 e. The van der Waals surface area contributed by atoms with Gasteiger partial charge in [-0.25, -0.2) is 8.42 Å². The third kappa shape index (κ3) is 2.39. The number of benzene rings is 1. The number of rotatable bonds is 3. The van der Waals surface area contributed by atoms with Gasteiger partial charge in [-0.1, -0.05) is 12.1 Å². The summed E-state index contributed by atoms with van der Waals surface area (Å²) in [4.78, 5) is 13.8. The van der Waals surface area contributed by atoms with Gasteiger partial charge in [0.25, 0.3) is 0 Å². The zero-order valence-electron chi connectivity index (χ0n) is 10.2. The molecule has 0 atom stereocenters. The second-order valence-electron chi connectivity index (χ2n) is 4.19. The summed E-state index contributed by atoms with van der Waals surface area (Å²) in [5.74, 6) is -0.0540. The van der Waals surface area contributed by atoms with Crippen molar-refractivity contribution >= 4 is 21.4 Å². The monoisotopic (exact) mass is 268 g/mol. The van der Waals surface area contributed by atoms with Crippen molar-refractivity contribution in [2.45, 2.75) is 11.3 Å². The van der Waals surface area contributed by atoms with Gasteiger partial charge in [-0.05, 0) is 19.2 Å². The van der Waals surface area contributed by atoms with Gasteiger partial charge in [-0.2, -0.15) is 0 Å². The highest BCUT2D eigenvalue weighted by atomic mass is 32.2. The summed E-state index contributed by atoms with van der Waals surface area (Å²) in [6.45, 7) is 0.826. The number of anilines is 1. The summed E-state index contributed by atoms with van der Waals surface area (Å²) in [6.07, 6.45) is 0.366. The van der Waals surface area contributed by atoms with Gasteiger partial charge in [0.05, 0.1) is 16.3 Å². The molecule has 0 fully saturated rings. The number of fused-ring (bicyclic) bond motifs is 1. The zero-order valence-corrected chi connectivity index (χ0v) is 11.0. The Hall–Kier alpha value is -1.40. The average molecular weight is 268 g/mol. The molecule has 1 N–H and O–H groups in total. The Labute approximate surface area is 107 Å². The molecular formula is C12H16N2O3S. The number of carbonyl (C=O) groups excluding carboxylic acids is 1. The van der Waals surface area contributed by atoms with E-state index in [1.807, 2.05) is 0 Å². The molecule has 1 aromatic rings.